The lowest BCUT2D eigenvalue weighted by molar-refractivity contribution is -0.119. The maximum Gasteiger partial charge on any atom is 0.239 e. The Hall–Kier alpha value is -1.80. The second-order valence-electron chi connectivity index (χ2n) is 3.99. The third kappa shape index (κ3) is 4.11. The number of rotatable bonds is 5. The van der Waals surface area contributed by atoms with Gasteiger partial charge in [0.25, 0.3) is 0 Å². The van der Waals surface area contributed by atoms with Gasteiger partial charge < -0.3 is 16.0 Å². The van der Waals surface area contributed by atoms with Crippen molar-refractivity contribution in [1.82, 2.24) is 5.32 Å². The molecule has 1 amide bonds. The second-order valence-corrected chi connectivity index (χ2v) is 5.55. The number of nitrogens with two attached hydrogens (primary N) is 2. The summed E-state index contributed by atoms with van der Waals surface area (Å²) in [5.74, 6) is -0.179. The van der Waals surface area contributed by atoms with E-state index in [1.807, 2.05) is 6.92 Å². The van der Waals surface area contributed by atoms with Crippen molar-refractivity contribution in [3.8, 4) is 0 Å². The Morgan fingerprint density at radius 1 is 1.37 bits per heavy atom. The van der Waals surface area contributed by atoms with Crippen LogP contribution in [0.2, 0.25) is 0 Å². The van der Waals surface area contributed by atoms with Crippen LogP contribution in [0.3, 0.4) is 0 Å². The molecule has 1 aromatic rings. The van der Waals surface area contributed by atoms with Crippen LogP contribution in [0.5, 0.6) is 0 Å². The van der Waals surface area contributed by atoms with E-state index in [4.69, 9.17) is 10.9 Å². The largest absolute Gasteiger partial charge is 0.399 e. The smallest absolute Gasteiger partial charge is 0.239 e. The summed E-state index contributed by atoms with van der Waals surface area (Å²) >= 11 is 0. The molecule has 1 rings (SSSR count). The molecule has 0 radical (unpaired) electrons. The van der Waals surface area contributed by atoms with E-state index in [0.717, 1.165) is 0 Å². The van der Waals surface area contributed by atoms with Gasteiger partial charge in [0.1, 0.15) is 0 Å². The fourth-order valence-electron chi connectivity index (χ4n) is 1.59. The molecule has 0 aliphatic rings. The Morgan fingerprint density at radius 2 is 2.00 bits per heavy atom. The number of nitrogens with zero attached hydrogens (tertiary/aromatic N) is 1. The van der Waals surface area contributed by atoms with Gasteiger partial charge in [-0.3, -0.25) is 4.79 Å². The molecule has 0 saturated carbocycles. The van der Waals surface area contributed by atoms with Gasteiger partial charge in [-0.1, -0.05) is 0 Å². The van der Waals surface area contributed by atoms with Crippen LogP contribution in [-0.2, 0) is 14.8 Å². The Kier molecular flexibility index (Phi) is 4.73. The third-order valence-electron chi connectivity index (χ3n) is 2.60. The highest BCUT2D eigenvalue weighted by molar-refractivity contribution is 7.89. The monoisotopic (exact) mass is 286 g/mol. The summed E-state index contributed by atoms with van der Waals surface area (Å²) in [5.41, 5.74) is 6.48. The van der Waals surface area contributed by atoms with Gasteiger partial charge in [0.15, 0.2) is 0 Å². The highest BCUT2D eigenvalue weighted by Crippen LogP contribution is 2.22. The van der Waals surface area contributed by atoms with Crippen LogP contribution in [0.4, 0.5) is 11.4 Å². The number of likely N-dealkylation sites (N-methyl/N-ethyl adjacent to an activating group) is 2. The summed E-state index contributed by atoms with van der Waals surface area (Å²) in [7, 11) is -2.30. The molecule has 0 unspecified atom stereocenters. The number of hydrogen-bond donors (Lipinski definition) is 3. The molecule has 0 atom stereocenters. The average Bonchev–Trinajstić information content (AvgIpc) is 2.33. The van der Waals surface area contributed by atoms with Crippen molar-refractivity contribution < 1.29 is 13.2 Å². The standard InChI is InChI=1S/C11H18N4O3S/c1-3-15(7-11(16)14-2)9-4-8(12)5-10(6-9)19(13,17)18/h4-6H,3,7,12H2,1-2H3,(H,14,16)(H2,13,17,18). The first-order valence-corrected chi connectivity index (χ1v) is 7.21. The molecule has 0 aliphatic heterocycles. The van der Waals surface area contributed by atoms with Crippen LogP contribution < -0.4 is 21.1 Å². The van der Waals surface area contributed by atoms with Crippen molar-refractivity contribution in [1.29, 1.82) is 0 Å². The summed E-state index contributed by atoms with van der Waals surface area (Å²) in [4.78, 5) is 13.0. The maximum atomic E-state index is 11.4. The zero-order chi connectivity index (χ0) is 14.6. The highest BCUT2D eigenvalue weighted by Gasteiger charge is 2.14. The normalized spacial score (nSPS) is 11.1. The molecular weight excluding hydrogens is 268 g/mol. The van der Waals surface area contributed by atoms with Crippen LogP contribution in [0, 0.1) is 0 Å². The number of anilines is 2. The van der Waals surface area contributed by atoms with E-state index in [0.29, 0.717) is 12.2 Å². The minimum Gasteiger partial charge on any atom is -0.399 e. The lowest BCUT2D eigenvalue weighted by atomic mass is 10.2. The Balaban J connectivity index is 3.18. The molecule has 0 aliphatic carbocycles. The zero-order valence-corrected chi connectivity index (χ0v) is 11.7. The molecule has 0 heterocycles. The number of nitrogen functional groups attached to an aromatic ring is 1. The van der Waals surface area contributed by atoms with Crippen LogP contribution in [-0.4, -0.2) is 34.5 Å². The van der Waals surface area contributed by atoms with Crippen LogP contribution in [0.15, 0.2) is 23.1 Å². The van der Waals surface area contributed by atoms with Gasteiger partial charge in [-0.2, -0.15) is 0 Å². The van der Waals surface area contributed by atoms with Gasteiger partial charge in [-0.15, -0.1) is 0 Å². The lowest BCUT2D eigenvalue weighted by Crippen LogP contribution is -2.35. The van der Waals surface area contributed by atoms with Crippen molar-refractivity contribution in [2.75, 3.05) is 30.8 Å². The summed E-state index contributed by atoms with van der Waals surface area (Å²) in [6, 6.07) is 4.28. The first kappa shape index (κ1) is 15.3. The van der Waals surface area contributed by atoms with E-state index in [1.54, 1.807) is 11.0 Å². The predicted molar refractivity (Wildman–Crippen MR) is 74.2 cm³/mol. The fourth-order valence-corrected chi connectivity index (χ4v) is 2.18. The number of sulfonamides is 1. The number of carbonyl (C=O) groups is 1. The molecule has 106 valence electrons. The molecule has 5 N–H and O–H groups in total. The Morgan fingerprint density at radius 3 is 2.47 bits per heavy atom. The number of nitrogens with one attached hydrogen (secondary N) is 1. The molecule has 0 bridgehead atoms. The molecule has 8 heteroatoms. The average molecular weight is 286 g/mol. The number of amides is 1. The van der Waals surface area contributed by atoms with Crippen LogP contribution in [0.25, 0.3) is 0 Å². The Bertz CT molecular complexity index is 571. The van der Waals surface area contributed by atoms with E-state index in [9.17, 15) is 13.2 Å². The summed E-state index contributed by atoms with van der Waals surface area (Å²) in [6.45, 7) is 2.49. The lowest BCUT2D eigenvalue weighted by Gasteiger charge is -2.23. The summed E-state index contributed by atoms with van der Waals surface area (Å²) in [6.07, 6.45) is 0. The van der Waals surface area contributed by atoms with Crippen molar-refractivity contribution in [2.45, 2.75) is 11.8 Å². The number of carbonyl (C=O) groups excluding carboxylic acids is 1. The molecule has 1 aromatic carbocycles. The van der Waals surface area contributed by atoms with E-state index in [1.165, 1.54) is 19.2 Å². The van der Waals surface area contributed by atoms with E-state index >= 15 is 0 Å². The first-order chi connectivity index (χ1) is 8.77. The van der Waals surface area contributed by atoms with Crippen molar-refractivity contribution in [3.05, 3.63) is 18.2 Å². The molecule has 0 spiro atoms. The van der Waals surface area contributed by atoms with Gasteiger partial charge in [-0.05, 0) is 25.1 Å². The van der Waals surface area contributed by atoms with Gasteiger partial charge in [-0.25, -0.2) is 13.6 Å². The van der Waals surface area contributed by atoms with E-state index in [-0.39, 0.29) is 23.0 Å². The maximum absolute atomic E-state index is 11.4. The topological polar surface area (TPSA) is 119 Å². The van der Waals surface area contributed by atoms with E-state index < -0.39 is 10.0 Å². The summed E-state index contributed by atoms with van der Waals surface area (Å²) < 4.78 is 22.7. The molecular formula is C11H18N4O3S. The number of benzene rings is 1. The predicted octanol–water partition coefficient (Wildman–Crippen LogP) is -0.511. The third-order valence-corrected chi connectivity index (χ3v) is 3.50. The SMILES string of the molecule is CCN(CC(=O)NC)c1cc(N)cc(S(N)(=O)=O)c1. The van der Waals surface area contributed by atoms with E-state index in [2.05, 4.69) is 5.32 Å². The molecule has 7 nitrogen and oxygen atoms in total. The molecule has 0 saturated heterocycles. The number of hydrogen-bond acceptors (Lipinski definition) is 5. The first-order valence-electron chi connectivity index (χ1n) is 5.66. The van der Waals surface area contributed by atoms with Gasteiger partial charge in [0.2, 0.25) is 15.9 Å². The van der Waals surface area contributed by atoms with Gasteiger partial charge in [0.05, 0.1) is 11.4 Å². The number of primary sulfonamides is 1. The quantitative estimate of drug-likeness (QED) is 0.630. The minimum atomic E-state index is -3.83. The van der Waals surface area contributed by atoms with Gasteiger partial charge >= 0.3 is 0 Å². The van der Waals surface area contributed by atoms with Crippen molar-refractivity contribution in [2.24, 2.45) is 5.14 Å². The molecule has 19 heavy (non-hydrogen) atoms. The van der Waals surface area contributed by atoms with Gasteiger partial charge in [0, 0.05) is 25.0 Å². The van der Waals surface area contributed by atoms with Crippen molar-refractivity contribution >= 4 is 27.3 Å². The van der Waals surface area contributed by atoms with Crippen LogP contribution in [0.1, 0.15) is 6.92 Å². The Labute approximate surface area is 112 Å². The second kappa shape index (κ2) is 5.89. The highest BCUT2D eigenvalue weighted by atomic mass is 32.2. The van der Waals surface area contributed by atoms with Crippen LogP contribution >= 0.6 is 0 Å². The zero-order valence-electron chi connectivity index (χ0n) is 10.9. The molecule has 0 aromatic heterocycles. The fraction of sp³-hybridized carbons (Fsp3) is 0.364. The molecule has 0 fully saturated rings. The van der Waals surface area contributed by atoms with Crippen molar-refractivity contribution in [3.63, 3.8) is 0 Å². The summed E-state index contributed by atoms with van der Waals surface area (Å²) in [5, 5.41) is 7.59. The minimum absolute atomic E-state index is 0.0714.